The zero-order valence-corrected chi connectivity index (χ0v) is 9.83. The van der Waals surface area contributed by atoms with Gasteiger partial charge < -0.3 is 5.32 Å². The van der Waals surface area contributed by atoms with Gasteiger partial charge in [-0.1, -0.05) is 11.3 Å². The predicted octanol–water partition coefficient (Wildman–Crippen LogP) is 0.540. The second-order valence-electron chi connectivity index (χ2n) is 3.96. The predicted molar refractivity (Wildman–Crippen MR) is 63.6 cm³/mol. The van der Waals surface area contributed by atoms with Gasteiger partial charge in [0.2, 0.25) is 0 Å². The Morgan fingerprint density at radius 1 is 1.41 bits per heavy atom. The van der Waals surface area contributed by atoms with Gasteiger partial charge in [-0.3, -0.25) is 4.79 Å². The lowest BCUT2D eigenvalue weighted by molar-refractivity contribution is 0.679. The van der Waals surface area contributed by atoms with Crippen LogP contribution in [-0.4, -0.2) is 26.4 Å². The lowest BCUT2D eigenvalue weighted by Gasteiger charge is -1.95. The summed E-state index contributed by atoms with van der Waals surface area (Å²) in [7, 11) is 0. The van der Waals surface area contributed by atoms with Gasteiger partial charge in [-0.15, -0.1) is 10.2 Å². The summed E-state index contributed by atoms with van der Waals surface area (Å²) in [6, 6.07) is 3.75. The van der Waals surface area contributed by atoms with E-state index in [0.29, 0.717) is 11.7 Å². The van der Waals surface area contributed by atoms with Crippen molar-refractivity contribution in [1.82, 2.24) is 25.7 Å². The SMILES string of the molecule is O=c1ccc(-c2nnc(CNC3CC3)s2)n[nH]1. The second-order valence-corrected chi connectivity index (χ2v) is 5.02. The molecule has 1 aliphatic rings. The molecule has 17 heavy (non-hydrogen) atoms. The van der Waals surface area contributed by atoms with E-state index in [1.165, 1.54) is 30.2 Å². The van der Waals surface area contributed by atoms with Crippen LogP contribution in [0.25, 0.3) is 10.7 Å². The van der Waals surface area contributed by atoms with Crippen molar-refractivity contribution in [2.24, 2.45) is 0 Å². The maximum absolute atomic E-state index is 10.9. The smallest absolute Gasteiger partial charge is 0.264 e. The molecule has 3 rings (SSSR count). The van der Waals surface area contributed by atoms with Crippen LogP contribution in [0.2, 0.25) is 0 Å². The normalized spacial score (nSPS) is 15.1. The lowest BCUT2D eigenvalue weighted by Crippen LogP contribution is -2.14. The van der Waals surface area contributed by atoms with Gasteiger partial charge in [0.05, 0.1) is 0 Å². The Balaban J connectivity index is 1.74. The summed E-state index contributed by atoms with van der Waals surface area (Å²) in [4.78, 5) is 10.9. The molecule has 88 valence electrons. The Morgan fingerprint density at radius 2 is 2.29 bits per heavy atom. The van der Waals surface area contributed by atoms with Gasteiger partial charge in [-0.2, -0.15) is 5.10 Å². The summed E-state index contributed by atoms with van der Waals surface area (Å²) in [5.41, 5.74) is 0.439. The van der Waals surface area contributed by atoms with E-state index in [1.54, 1.807) is 6.07 Å². The summed E-state index contributed by atoms with van der Waals surface area (Å²) in [5, 5.41) is 19.5. The van der Waals surface area contributed by atoms with Crippen LogP contribution in [0.4, 0.5) is 0 Å². The number of hydrogen-bond donors (Lipinski definition) is 2. The first-order valence-electron chi connectivity index (χ1n) is 5.43. The molecule has 0 amide bonds. The molecule has 0 atom stereocenters. The Hall–Kier alpha value is -1.60. The lowest BCUT2D eigenvalue weighted by atomic mass is 10.4. The molecule has 2 N–H and O–H groups in total. The number of H-pyrrole nitrogens is 1. The van der Waals surface area contributed by atoms with Crippen molar-refractivity contribution in [3.8, 4) is 10.7 Å². The Kier molecular flexibility index (Phi) is 2.69. The van der Waals surface area contributed by atoms with E-state index in [1.807, 2.05) is 0 Å². The third-order valence-corrected chi connectivity index (χ3v) is 3.43. The van der Waals surface area contributed by atoms with Gasteiger partial charge in [-0.25, -0.2) is 5.10 Å². The minimum Gasteiger partial charge on any atom is -0.308 e. The highest BCUT2D eigenvalue weighted by atomic mass is 32.1. The van der Waals surface area contributed by atoms with Crippen molar-refractivity contribution in [1.29, 1.82) is 0 Å². The Bertz CT molecular complexity index is 554. The number of rotatable bonds is 4. The highest BCUT2D eigenvalue weighted by Gasteiger charge is 2.20. The summed E-state index contributed by atoms with van der Waals surface area (Å²) in [6.07, 6.45) is 2.51. The molecule has 6 nitrogen and oxygen atoms in total. The topological polar surface area (TPSA) is 83.6 Å². The van der Waals surface area contributed by atoms with Crippen molar-refractivity contribution < 1.29 is 0 Å². The van der Waals surface area contributed by atoms with E-state index in [2.05, 4.69) is 25.7 Å². The first-order valence-corrected chi connectivity index (χ1v) is 6.25. The number of aromatic nitrogens is 4. The van der Waals surface area contributed by atoms with Crippen LogP contribution in [0, 0.1) is 0 Å². The summed E-state index contributed by atoms with van der Waals surface area (Å²) >= 11 is 1.49. The molecular formula is C10H11N5OS. The van der Waals surface area contributed by atoms with E-state index in [9.17, 15) is 4.79 Å². The van der Waals surface area contributed by atoms with Crippen LogP contribution < -0.4 is 10.9 Å². The quantitative estimate of drug-likeness (QED) is 0.826. The van der Waals surface area contributed by atoms with Crippen LogP contribution >= 0.6 is 11.3 Å². The Labute approximate surface area is 101 Å². The zero-order chi connectivity index (χ0) is 11.7. The average Bonchev–Trinajstić information content (AvgIpc) is 3.06. The van der Waals surface area contributed by atoms with Crippen molar-refractivity contribution in [3.05, 3.63) is 27.5 Å². The molecule has 2 aromatic rings. The van der Waals surface area contributed by atoms with Crippen molar-refractivity contribution in [3.63, 3.8) is 0 Å². The minimum atomic E-state index is -0.214. The van der Waals surface area contributed by atoms with E-state index in [-0.39, 0.29) is 5.56 Å². The minimum absolute atomic E-state index is 0.214. The molecule has 0 aliphatic heterocycles. The molecule has 7 heteroatoms. The van der Waals surface area contributed by atoms with Crippen LogP contribution in [0.5, 0.6) is 0 Å². The third-order valence-electron chi connectivity index (χ3n) is 2.48. The molecule has 1 saturated carbocycles. The van der Waals surface area contributed by atoms with Crippen LogP contribution in [0.1, 0.15) is 17.8 Å². The second kappa shape index (κ2) is 4.34. The highest BCUT2D eigenvalue weighted by Crippen LogP contribution is 2.22. The number of hydrogen-bond acceptors (Lipinski definition) is 6. The summed E-state index contributed by atoms with van der Waals surface area (Å²) in [6.45, 7) is 0.756. The molecule has 0 radical (unpaired) electrons. The molecular weight excluding hydrogens is 238 g/mol. The molecule has 2 aromatic heterocycles. The van der Waals surface area contributed by atoms with Crippen LogP contribution in [0.3, 0.4) is 0 Å². The van der Waals surface area contributed by atoms with E-state index >= 15 is 0 Å². The van der Waals surface area contributed by atoms with Crippen molar-refractivity contribution in [2.45, 2.75) is 25.4 Å². The molecule has 1 aliphatic carbocycles. The van der Waals surface area contributed by atoms with E-state index in [0.717, 1.165) is 16.6 Å². The fourth-order valence-corrected chi connectivity index (χ4v) is 2.17. The largest absolute Gasteiger partial charge is 0.308 e. The van der Waals surface area contributed by atoms with Crippen LogP contribution in [-0.2, 0) is 6.54 Å². The van der Waals surface area contributed by atoms with E-state index in [4.69, 9.17) is 0 Å². The molecule has 0 unspecified atom stereocenters. The third kappa shape index (κ3) is 2.56. The van der Waals surface area contributed by atoms with Gasteiger partial charge in [0, 0.05) is 18.7 Å². The van der Waals surface area contributed by atoms with E-state index < -0.39 is 0 Å². The first-order chi connectivity index (χ1) is 8.31. The van der Waals surface area contributed by atoms with Crippen molar-refractivity contribution >= 4 is 11.3 Å². The van der Waals surface area contributed by atoms with Gasteiger partial charge in [-0.05, 0) is 18.9 Å². The van der Waals surface area contributed by atoms with Gasteiger partial charge in [0.25, 0.3) is 5.56 Å². The van der Waals surface area contributed by atoms with Gasteiger partial charge >= 0.3 is 0 Å². The Morgan fingerprint density at radius 3 is 3.00 bits per heavy atom. The molecule has 0 saturated heterocycles. The zero-order valence-electron chi connectivity index (χ0n) is 9.01. The maximum atomic E-state index is 10.9. The molecule has 0 spiro atoms. The first kappa shape index (κ1) is 10.5. The van der Waals surface area contributed by atoms with Crippen molar-refractivity contribution in [2.75, 3.05) is 0 Å². The standard InChI is InChI=1S/C10H11N5OS/c16-8-4-3-7(12-13-8)10-15-14-9(17-10)5-11-6-1-2-6/h3-4,6,11H,1-2,5H2,(H,13,16). The summed E-state index contributed by atoms with van der Waals surface area (Å²) in [5.74, 6) is 0. The molecule has 0 bridgehead atoms. The molecule has 2 heterocycles. The fraction of sp³-hybridized carbons (Fsp3) is 0.400. The average molecular weight is 249 g/mol. The monoisotopic (exact) mass is 249 g/mol. The van der Waals surface area contributed by atoms with Crippen LogP contribution in [0.15, 0.2) is 16.9 Å². The number of nitrogens with one attached hydrogen (secondary N) is 2. The maximum Gasteiger partial charge on any atom is 0.264 e. The van der Waals surface area contributed by atoms with Gasteiger partial charge in [0.1, 0.15) is 10.7 Å². The number of nitrogens with zero attached hydrogens (tertiary/aromatic N) is 3. The highest BCUT2D eigenvalue weighted by molar-refractivity contribution is 7.14. The number of aromatic amines is 1. The van der Waals surface area contributed by atoms with Gasteiger partial charge in [0.15, 0.2) is 5.01 Å². The summed E-state index contributed by atoms with van der Waals surface area (Å²) < 4.78 is 0. The molecule has 1 fully saturated rings. The molecule has 0 aromatic carbocycles. The fourth-order valence-electron chi connectivity index (χ4n) is 1.41.